The number of carboxylic acid groups (broad SMARTS) is 1. The summed E-state index contributed by atoms with van der Waals surface area (Å²) < 4.78 is 5.12. The molecule has 0 aromatic heterocycles. The molecule has 2 aromatic carbocycles. The van der Waals surface area contributed by atoms with E-state index >= 15 is 0 Å². The van der Waals surface area contributed by atoms with Crippen molar-refractivity contribution in [1.82, 2.24) is 21.3 Å². The van der Waals surface area contributed by atoms with E-state index in [1.165, 1.54) is 26.0 Å². The van der Waals surface area contributed by atoms with Crippen LogP contribution < -0.4 is 21.3 Å². The molecule has 0 aliphatic heterocycles. The number of phenols is 1. The van der Waals surface area contributed by atoms with E-state index in [-0.39, 0.29) is 17.7 Å². The first kappa shape index (κ1) is 37.9. The number of hydrogen-bond donors (Lipinski definition) is 6. The van der Waals surface area contributed by atoms with E-state index in [4.69, 9.17) is 4.74 Å². The molecule has 0 aliphatic carbocycles. The fourth-order valence-corrected chi connectivity index (χ4v) is 4.64. The van der Waals surface area contributed by atoms with Crippen LogP contribution in [0.5, 0.6) is 5.75 Å². The number of nitrogens with one attached hydrogen (secondary N) is 4. The molecule has 47 heavy (non-hydrogen) atoms. The maximum absolute atomic E-state index is 13.2. The Kier molecular flexibility index (Phi) is 14.1. The molecule has 4 atom stereocenters. The molecule has 0 saturated carbocycles. The summed E-state index contributed by atoms with van der Waals surface area (Å²) in [6.45, 7) is 8.45. The Morgan fingerprint density at radius 3 is 1.89 bits per heavy atom. The highest BCUT2D eigenvalue weighted by atomic mass is 16.5. The predicted octanol–water partition coefficient (Wildman–Crippen LogP) is 1.09. The molecule has 0 heterocycles. The normalized spacial score (nSPS) is 13.3. The van der Waals surface area contributed by atoms with Crippen molar-refractivity contribution in [3.63, 3.8) is 0 Å². The molecule has 2 rings (SSSR count). The number of phenolic OH excluding ortho intramolecular Hbond substituents is 1. The fourth-order valence-electron chi connectivity index (χ4n) is 4.64. The van der Waals surface area contributed by atoms with Gasteiger partial charge in [-0.2, -0.15) is 0 Å². The zero-order valence-corrected chi connectivity index (χ0v) is 27.2. The number of carbonyl (C=O) groups excluding carboxylic acids is 6. The van der Waals surface area contributed by atoms with Gasteiger partial charge in [0.05, 0.1) is 12.0 Å². The van der Waals surface area contributed by atoms with Crippen molar-refractivity contribution in [3.8, 4) is 5.75 Å². The van der Waals surface area contributed by atoms with Crippen LogP contribution >= 0.6 is 0 Å². The summed E-state index contributed by atoms with van der Waals surface area (Å²) in [6.07, 6.45) is -0.738. The number of ketones is 1. The molecule has 0 saturated heterocycles. The highest BCUT2D eigenvalue weighted by Gasteiger charge is 2.32. The third-order valence-electron chi connectivity index (χ3n) is 7.18. The Morgan fingerprint density at radius 1 is 0.766 bits per heavy atom. The van der Waals surface area contributed by atoms with Crippen LogP contribution in [0.1, 0.15) is 61.2 Å². The highest BCUT2D eigenvalue weighted by molar-refractivity contribution is 5.98. The van der Waals surface area contributed by atoms with Crippen LogP contribution in [0.25, 0.3) is 0 Å². The largest absolute Gasteiger partial charge is 0.508 e. The lowest BCUT2D eigenvalue weighted by Gasteiger charge is -2.27. The van der Waals surface area contributed by atoms with Crippen molar-refractivity contribution in [1.29, 1.82) is 0 Å². The van der Waals surface area contributed by atoms with E-state index in [0.717, 1.165) is 0 Å². The first-order valence-corrected chi connectivity index (χ1v) is 14.9. The molecule has 14 heteroatoms. The first-order chi connectivity index (χ1) is 22.0. The van der Waals surface area contributed by atoms with Gasteiger partial charge in [0.2, 0.25) is 23.6 Å². The number of carbonyl (C=O) groups is 7. The van der Waals surface area contributed by atoms with Crippen molar-refractivity contribution >= 4 is 41.4 Å². The SMILES string of the molecule is CC(=O)N[C@H](Cc1ccc(O)cc1)C(=O)N[C@H](C(=O)N[C@H](C)C(=O)N[C@@H](CC(=O)O)C(=O)COC(=O)c1c(C)cccc1C)C(C)C. The zero-order valence-electron chi connectivity index (χ0n) is 27.2. The van der Waals surface area contributed by atoms with Gasteiger partial charge in [0, 0.05) is 13.3 Å². The maximum atomic E-state index is 13.2. The van der Waals surface area contributed by atoms with Gasteiger partial charge in [-0.15, -0.1) is 0 Å². The summed E-state index contributed by atoms with van der Waals surface area (Å²) in [6, 6.07) is 6.15. The van der Waals surface area contributed by atoms with Crippen molar-refractivity contribution in [3.05, 3.63) is 64.7 Å². The summed E-state index contributed by atoms with van der Waals surface area (Å²) in [5, 5.41) is 28.7. The lowest BCUT2D eigenvalue weighted by molar-refractivity contribution is -0.141. The minimum Gasteiger partial charge on any atom is -0.508 e. The molecule has 2 aromatic rings. The minimum atomic E-state index is -1.57. The Labute approximate surface area is 272 Å². The summed E-state index contributed by atoms with van der Waals surface area (Å²) in [4.78, 5) is 88.0. The van der Waals surface area contributed by atoms with E-state index in [1.54, 1.807) is 58.0 Å². The third kappa shape index (κ3) is 11.9. The molecule has 0 unspecified atom stereocenters. The second-order valence-electron chi connectivity index (χ2n) is 11.6. The van der Waals surface area contributed by atoms with E-state index in [0.29, 0.717) is 16.7 Å². The van der Waals surface area contributed by atoms with Gasteiger partial charge < -0.3 is 36.2 Å². The molecule has 14 nitrogen and oxygen atoms in total. The smallest absolute Gasteiger partial charge is 0.339 e. The van der Waals surface area contributed by atoms with Crippen molar-refractivity contribution < 1.29 is 48.5 Å². The van der Waals surface area contributed by atoms with Gasteiger partial charge in [-0.3, -0.25) is 28.8 Å². The molecule has 0 bridgehead atoms. The number of aromatic hydroxyl groups is 1. The average molecular weight is 655 g/mol. The number of benzene rings is 2. The summed E-state index contributed by atoms with van der Waals surface area (Å²) in [7, 11) is 0. The van der Waals surface area contributed by atoms with Crippen LogP contribution in [0.4, 0.5) is 0 Å². The fraction of sp³-hybridized carbons (Fsp3) is 0.424. The van der Waals surface area contributed by atoms with Crippen LogP contribution in [-0.2, 0) is 39.9 Å². The highest BCUT2D eigenvalue weighted by Crippen LogP contribution is 2.15. The van der Waals surface area contributed by atoms with E-state index in [9.17, 15) is 43.8 Å². The molecular formula is C33H42N4O10. The standard InChI is InChI=1S/C33H42N4O10/c1-17(2)29(37-31(44)25(35-21(6)38)14-22-10-12-23(39)13-11-22)32(45)34-20(5)30(43)36-24(15-27(41)42)26(40)16-47-33(46)28-18(3)8-7-9-19(28)4/h7-13,17,20,24-25,29,39H,14-16H2,1-6H3,(H,34,45)(H,35,38)(H,36,43)(H,37,44)(H,41,42)/t20-,24+,25-,29+/m1/s1. The third-order valence-corrected chi connectivity index (χ3v) is 7.18. The van der Waals surface area contributed by atoms with Gasteiger partial charge >= 0.3 is 11.9 Å². The molecule has 0 fully saturated rings. The Balaban J connectivity index is 2.07. The van der Waals surface area contributed by atoms with Crippen LogP contribution in [0.3, 0.4) is 0 Å². The zero-order chi connectivity index (χ0) is 35.4. The number of aryl methyl sites for hydroxylation is 2. The van der Waals surface area contributed by atoms with Gasteiger partial charge in [0.15, 0.2) is 12.4 Å². The van der Waals surface area contributed by atoms with Gasteiger partial charge in [-0.1, -0.05) is 44.2 Å². The number of carboxylic acids is 1. The molecule has 0 aliphatic rings. The Hall–Kier alpha value is -5.27. The van der Waals surface area contributed by atoms with Crippen LogP contribution in [0, 0.1) is 19.8 Å². The Bertz CT molecular complexity index is 1470. The van der Waals surface area contributed by atoms with Gasteiger partial charge in [-0.05, 0) is 55.5 Å². The number of Topliss-reactive ketones (excluding diaryl/α,β-unsaturated/α-hetero) is 1. The van der Waals surface area contributed by atoms with Crippen LogP contribution in [0.2, 0.25) is 0 Å². The van der Waals surface area contributed by atoms with Gasteiger partial charge in [0.1, 0.15) is 29.9 Å². The average Bonchev–Trinajstić information content (AvgIpc) is 2.98. The van der Waals surface area contributed by atoms with Gasteiger partial charge in [0.25, 0.3) is 0 Å². The Morgan fingerprint density at radius 2 is 1.36 bits per heavy atom. The number of amides is 4. The molecule has 0 spiro atoms. The number of esters is 1. The van der Waals surface area contributed by atoms with Crippen molar-refractivity contribution in [2.24, 2.45) is 5.92 Å². The lowest BCUT2D eigenvalue weighted by atomic mass is 10.0. The first-order valence-electron chi connectivity index (χ1n) is 14.9. The maximum Gasteiger partial charge on any atom is 0.339 e. The summed E-state index contributed by atoms with van der Waals surface area (Å²) in [5.74, 6) is -6.27. The van der Waals surface area contributed by atoms with Crippen molar-refractivity contribution in [2.45, 2.75) is 78.6 Å². The monoisotopic (exact) mass is 654 g/mol. The molecule has 6 N–H and O–H groups in total. The molecule has 4 amide bonds. The predicted molar refractivity (Wildman–Crippen MR) is 169 cm³/mol. The second-order valence-corrected chi connectivity index (χ2v) is 11.6. The number of rotatable bonds is 16. The van der Waals surface area contributed by atoms with E-state index in [2.05, 4.69) is 21.3 Å². The molecule has 0 radical (unpaired) electrons. The van der Waals surface area contributed by atoms with Gasteiger partial charge in [-0.25, -0.2) is 4.79 Å². The van der Waals surface area contributed by atoms with Crippen LogP contribution in [0.15, 0.2) is 42.5 Å². The molecular weight excluding hydrogens is 612 g/mol. The van der Waals surface area contributed by atoms with E-state index < -0.39 is 84.5 Å². The number of aliphatic carboxylic acids is 1. The topological polar surface area (TPSA) is 217 Å². The quantitative estimate of drug-likeness (QED) is 0.142. The van der Waals surface area contributed by atoms with Crippen molar-refractivity contribution in [2.75, 3.05) is 6.61 Å². The minimum absolute atomic E-state index is 0.0271. The summed E-state index contributed by atoms with van der Waals surface area (Å²) >= 11 is 0. The second kappa shape index (κ2) is 17.4. The summed E-state index contributed by atoms with van der Waals surface area (Å²) in [5.41, 5.74) is 2.16. The van der Waals surface area contributed by atoms with E-state index in [1.807, 2.05) is 0 Å². The number of ether oxygens (including phenoxy) is 1. The molecule has 254 valence electrons. The lowest BCUT2D eigenvalue weighted by Crippen LogP contribution is -2.58. The number of hydrogen-bond acceptors (Lipinski definition) is 9. The van der Waals surface area contributed by atoms with Crippen LogP contribution in [-0.4, -0.2) is 82.3 Å².